The molecule has 0 aliphatic carbocycles. The summed E-state index contributed by atoms with van der Waals surface area (Å²) in [5, 5.41) is 0. The Morgan fingerprint density at radius 3 is 2.90 bits per heavy atom. The number of hydrogen-bond donors (Lipinski definition) is 0. The van der Waals surface area contributed by atoms with Crippen molar-refractivity contribution in [3.05, 3.63) is 30.3 Å². The number of carbonyl (C=O) groups excluding carboxylic acids is 1. The average molecular weight is 293 g/mol. The van der Waals surface area contributed by atoms with Crippen LogP contribution in [0.25, 0.3) is 0 Å². The molecule has 4 heteroatoms. The lowest BCUT2D eigenvalue weighted by Gasteiger charge is -2.35. The molecule has 2 rings (SSSR count). The molecule has 0 bridgehead atoms. The fraction of sp³-hybridized carbons (Fsp3) is 0.562. The lowest BCUT2D eigenvalue weighted by molar-refractivity contribution is -0.132. The fourth-order valence-electron chi connectivity index (χ4n) is 2.63. The van der Waals surface area contributed by atoms with Crippen molar-refractivity contribution in [3.8, 4) is 0 Å². The van der Waals surface area contributed by atoms with E-state index in [1.165, 1.54) is 6.42 Å². The number of amides is 1. The van der Waals surface area contributed by atoms with Crippen molar-refractivity contribution in [2.24, 2.45) is 0 Å². The van der Waals surface area contributed by atoms with Gasteiger partial charge in [-0.2, -0.15) is 0 Å². The number of benzene rings is 1. The van der Waals surface area contributed by atoms with Crippen molar-refractivity contribution in [1.82, 2.24) is 4.90 Å². The molecule has 1 fully saturated rings. The van der Waals surface area contributed by atoms with Crippen molar-refractivity contribution in [2.75, 3.05) is 26.0 Å². The summed E-state index contributed by atoms with van der Waals surface area (Å²) >= 11 is 1.63. The van der Waals surface area contributed by atoms with E-state index >= 15 is 0 Å². The Morgan fingerprint density at radius 1 is 1.35 bits per heavy atom. The molecule has 0 radical (unpaired) electrons. The summed E-state index contributed by atoms with van der Waals surface area (Å²) in [7, 11) is 1.72. The summed E-state index contributed by atoms with van der Waals surface area (Å²) in [6.07, 6.45) is 4.43. The summed E-state index contributed by atoms with van der Waals surface area (Å²) in [4.78, 5) is 15.6. The highest BCUT2D eigenvalue weighted by Gasteiger charge is 2.26. The molecule has 20 heavy (non-hydrogen) atoms. The standard InChI is InChI=1S/C16H23NO2S/c1-19-12-10-14-7-5-6-11-17(14)16(18)13-20-15-8-3-2-4-9-15/h2-4,8-9,14H,5-7,10-13H2,1H3. The van der Waals surface area contributed by atoms with Gasteiger partial charge >= 0.3 is 0 Å². The first-order chi connectivity index (χ1) is 9.81. The van der Waals surface area contributed by atoms with E-state index in [1.54, 1.807) is 18.9 Å². The molecule has 1 aliphatic rings. The molecular weight excluding hydrogens is 270 g/mol. The van der Waals surface area contributed by atoms with Crippen LogP contribution < -0.4 is 0 Å². The van der Waals surface area contributed by atoms with Gasteiger partial charge in [0.2, 0.25) is 5.91 Å². The Hall–Kier alpha value is -1.00. The molecule has 0 aromatic heterocycles. The Balaban J connectivity index is 1.85. The van der Waals surface area contributed by atoms with Gasteiger partial charge in [-0.05, 0) is 37.8 Å². The molecule has 3 nitrogen and oxygen atoms in total. The van der Waals surface area contributed by atoms with E-state index in [4.69, 9.17) is 4.74 Å². The van der Waals surface area contributed by atoms with Crippen LogP contribution in [0.4, 0.5) is 0 Å². The summed E-state index contributed by atoms with van der Waals surface area (Å²) in [6, 6.07) is 10.5. The molecule has 110 valence electrons. The molecule has 1 atom stereocenters. The maximum Gasteiger partial charge on any atom is 0.233 e. The Bertz CT molecular complexity index is 410. The zero-order valence-electron chi connectivity index (χ0n) is 12.1. The third-order valence-electron chi connectivity index (χ3n) is 3.71. The van der Waals surface area contributed by atoms with Crippen LogP contribution in [0.2, 0.25) is 0 Å². The number of hydrogen-bond acceptors (Lipinski definition) is 3. The van der Waals surface area contributed by atoms with Gasteiger partial charge in [0.15, 0.2) is 0 Å². The summed E-state index contributed by atoms with van der Waals surface area (Å²) in [6.45, 7) is 1.64. The van der Waals surface area contributed by atoms with Gasteiger partial charge in [0, 0.05) is 31.2 Å². The molecule has 0 spiro atoms. The van der Waals surface area contributed by atoms with Gasteiger partial charge in [0.25, 0.3) is 0 Å². The van der Waals surface area contributed by atoms with Crippen LogP contribution in [0, 0.1) is 0 Å². The van der Waals surface area contributed by atoms with Crippen molar-refractivity contribution in [2.45, 2.75) is 36.6 Å². The minimum Gasteiger partial charge on any atom is -0.385 e. The number of carbonyl (C=O) groups is 1. The second kappa shape index (κ2) is 8.32. The minimum absolute atomic E-state index is 0.264. The second-order valence-corrected chi connectivity index (χ2v) is 6.17. The highest BCUT2D eigenvalue weighted by atomic mass is 32.2. The zero-order chi connectivity index (χ0) is 14.2. The first-order valence-electron chi connectivity index (χ1n) is 7.27. The summed E-state index contributed by atoms with van der Waals surface area (Å²) in [5.41, 5.74) is 0. The third kappa shape index (κ3) is 4.53. The highest BCUT2D eigenvalue weighted by Crippen LogP contribution is 2.23. The maximum atomic E-state index is 12.4. The van der Waals surface area contributed by atoms with E-state index in [-0.39, 0.29) is 5.91 Å². The second-order valence-electron chi connectivity index (χ2n) is 5.12. The fourth-order valence-corrected chi connectivity index (χ4v) is 3.43. The summed E-state index contributed by atoms with van der Waals surface area (Å²) < 4.78 is 5.16. The number of ether oxygens (including phenoxy) is 1. The largest absolute Gasteiger partial charge is 0.385 e. The molecule has 1 saturated heterocycles. The molecule has 1 aliphatic heterocycles. The van der Waals surface area contributed by atoms with Gasteiger partial charge in [-0.1, -0.05) is 18.2 Å². The van der Waals surface area contributed by atoms with Crippen molar-refractivity contribution >= 4 is 17.7 Å². The smallest absolute Gasteiger partial charge is 0.233 e. The Morgan fingerprint density at radius 2 is 2.15 bits per heavy atom. The summed E-state index contributed by atoms with van der Waals surface area (Å²) in [5.74, 6) is 0.799. The highest BCUT2D eigenvalue weighted by molar-refractivity contribution is 8.00. The quantitative estimate of drug-likeness (QED) is 0.754. The molecule has 0 saturated carbocycles. The number of piperidine rings is 1. The maximum absolute atomic E-state index is 12.4. The predicted octanol–water partition coefficient (Wildman–Crippen LogP) is 3.20. The van der Waals surface area contributed by atoms with Gasteiger partial charge in [-0.3, -0.25) is 4.79 Å². The van der Waals surface area contributed by atoms with Gasteiger partial charge < -0.3 is 9.64 Å². The minimum atomic E-state index is 0.264. The zero-order valence-corrected chi connectivity index (χ0v) is 12.9. The normalized spacial score (nSPS) is 19.1. The van der Waals surface area contributed by atoms with Gasteiger partial charge in [-0.25, -0.2) is 0 Å². The van der Waals surface area contributed by atoms with E-state index in [0.29, 0.717) is 11.8 Å². The van der Waals surface area contributed by atoms with Gasteiger partial charge in [0.05, 0.1) is 5.75 Å². The van der Waals surface area contributed by atoms with Crippen LogP contribution in [-0.4, -0.2) is 42.9 Å². The van der Waals surface area contributed by atoms with Crippen molar-refractivity contribution in [3.63, 3.8) is 0 Å². The lowest BCUT2D eigenvalue weighted by atomic mass is 10.00. The number of rotatable bonds is 6. The van der Waals surface area contributed by atoms with Gasteiger partial charge in [-0.15, -0.1) is 11.8 Å². The third-order valence-corrected chi connectivity index (χ3v) is 4.70. The van der Waals surface area contributed by atoms with Crippen LogP contribution >= 0.6 is 11.8 Å². The molecule has 1 heterocycles. The van der Waals surface area contributed by atoms with Crippen LogP contribution in [-0.2, 0) is 9.53 Å². The first kappa shape index (κ1) is 15.4. The Labute approximate surface area is 125 Å². The molecule has 0 N–H and O–H groups in total. The number of thioether (sulfide) groups is 1. The van der Waals surface area contributed by atoms with E-state index in [1.807, 2.05) is 18.2 Å². The number of methoxy groups -OCH3 is 1. The monoisotopic (exact) mass is 293 g/mol. The predicted molar refractivity (Wildman–Crippen MR) is 83.0 cm³/mol. The van der Waals surface area contributed by atoms with E-state index in [9.17, 15) is 4.79 Å². The molecular formula is C16H23NO2S. The number of likely N-dealkylation sites (tertiary alicyclic amines) is 1. The van der Waals surface area contributed by atoms with Crippen molar-refractivity contribution in [1.29, 1.82) is 0 Å². The topological polar surface area (TPSA) is 29.5 Å². The Kier molecular flexibility index (Phi) is 6.40. The first-order valence-corrected chi connectivity index (χ1v) is 8.26. The molecule has 1 aromatic carbocycles. The van der Waals surface area contributed by atoms with E-state index in [0.717, 1.165) is 37.3 Å². The van der Waals surface area contributed by atoms with E-state index in [2.05, 4.69) is 17.0 Å². The van der Waals surface area contributed by atoms with Gasteiger partial charge in [0.1, 0.15) is 0 Å². The van der Waals surface area contributed by atoms with Crippen LogP contribution in [0.5, 0.6) is 0 Å². The lowest BCUT2D eigenvalue weighted by Crippen LogP contribution is -2.45. The molecule has 1 amide bonds. The molecule has 1 unspecified atom stereocenters. The van der Waals surface area contributed by atoms with E-state index < -0.39 is 0 Å². The van der Waals surface area contributed by atoms with Crippen LogP contribution in [0.15, 0.2) is 35.2 Å². The SMILES string of the molecule is COCCC1CCCCN1C(=O)CSc1ccccc1. The van der Waals surface area contributed by atoms with Crippen LogP contribution in [0.3, 0.4) is 0 Å². The van der Waals surface area contributed by atoms with Crippen molar-refractivity contribution < 1.29 is 9.53 Å². The average Bonchev–Trinajstić information content (AvgIpc) is 2.52. The number of nitrogens with zero attached hydrogens (tertiary/aromatic N) is 1. The van der Waals surface area contributed by atoms with Crippen LogP contribution in [0.1, 0.15) is 25.7 Å². The molecule has 1 aromatic rings.